The summed E-state index contributed by atoms with van der Waals surface area (Å²) in [6.45, 7) is 2.70. The number of nitrogens with one attached hydrogen (secondary N) is 1. The van der Waals surface area contributed by atoms with Crippen molar-refractivity contribution in [1.82, 2.24) is 10.3 Å². The zero-order valence-electron chi connectivity index (χ0n) is 16.0. The fourth-order valence-corrected chi connectivity index (χ4v) is 3.23. The van der Waals surface area contributed by atoms with Gasteiger partial charge in [-0.05, 0) is 49.4 Å². The molecule has 0 unspecified atom stereocenters. The third-order valence-corrected chi connectivity index (χ3v) is 4.92. The summed E-state index contributed by atoms with van der Waals surface area (Å²) in [5, 5.41) is 5.89. The molecule has 0 aliphatic carbocycles. The number of ether oxygens (including phenoxy) is 3. The Hall–Kier alpha value is -3.06. The van der Waals surface area contributed by atoms with Crippen molar-refractivity contribution in [3.63, 3.8) is 0 Å². The summed E-state index contributed by atoms with van der Waals surface area (Å²) in [6.07, 6.45) is 0. The van der Waals surface area contributed by atoms with E-state index in [2.05, 4.69) is 10.3 Å². The van der Waals surface area contributed by atoms with Gasteiger partial charge in [0.15, 0.2) is 0 Å². The van der Waals surface area contributed by atoms with E-state index in [1.165, 1.54) is 0 Å². The molecule has 1 amide bonds. The molecule has 0 radical (unpaired) electrons. The Labute approximate surface area is 168 Å². The molecular formula is C21H22N2O4S. The van der Waals surface area contributed by atoms with Crippen molar-refractivity contribution in [2.45, 2.75) is 20.1 Å². The molecule has 0 saturated heterocycles. The predicted octanol–water partition coefficient (Wildman–Crippen LogP) is 3.98. The van der Waals surface area contributed by atoms with Gasteiger partial charge in [-0.2, -0.15) is 0 Å². The number of methoxy groups -OCH3 is 2. The van der Waals surface area contributed by atoms with E-state index in [9.17, 15) is 4.79 Å². The Kier molecular flexibility index (Phi) is 6.49. The molecule has 0 fully saturated rings. The van der Waals surface area contributed by atoms with Crippen molar-refractivity contribution in [3.05, 3.63) is 69.7 Å². The number of amides is 1. The van der Waals surface area contributed by atoms with Crippen LogP contribution in [0.5, 0.6) is 17.2 Å². The molecule has 0 atom stereocenters. The number of rotatable bonds is 8. The third-order valence-electron chi connectivity index (χ3n) is 4.10. The Morgan fingerprint density at radius 1 is 1.07 bits per heavy atom. The number of aromatic nitrogens is 1. The highest BCUT2D eigenvalue weighted by Crippen LogP contribution is 2.24. The maximum atomic E-state index is 12.4. The highest BCUT2D eigenvalue weighted by Gasteiger charge is 2.10. The van der Waals surface area contributed by atoms with Crippen molar-refractivity contribution < 1.29 is 19.0 Å². The highest BCUT2D eigenvalue weighted by atomic mass is 32.1. The van der Waals surface area contributed by atoms with E-state index in [4.69, 9.17) is 14.2 Å². The lowest BCUT2D eigenvalue weighted by atomic mass is 10.1. The van der Waals surface area contributed by atoms with Gasteiger partial charge in [0.25, 0.3) is 5.91 Å². The fraction of sp³-hybridized carbons (Fsp3) is 0.238. The number of carbonyl (C=O) groups excluding carboxylic acids is 1. The normalized spacial score (nSPS) is 10.4. The molecule has 1 N–H and O–H groups in total. The largest absolute Gasteiger partial charge is 0.497 e. The van der Waals surface area contributed by atoms with Crippen molar-refractivity contribution >= 4 is 17.2 Å². The first-order chi connectivity index (χ1) is 13.6. The first-order valence-corrected chi connectivity index (χ1v) is 9.60. The van der Waals surface area contributed by atoms with Crippen LogP contribution in [-0.2, 0) is 13.2 Å². The van der Waals surface area contributed by atoms with Crippen LogP contribution < -0.4 is 19.5 Å². The summed E-state index contributed by atoms with van der Waals surface area (Å²) < 4.78 is 16.3. The summed E-state index contributed by atoms with van der Waals surface area (Å²) in [5.74, 6) is 1.92. The molecule has 1 aromatic heterocycles. The monoisotopic (exact) mass is 398 g/mol. The average Bonchev–Trinajstić information content (AvgIpc) is 3.15. The molecule has 0 saturated carbocycles. The van der Waals surface area contributed by atoms with Crippen LogP contribution in [-0.4, -0.2) is 25.1 Å². The molecular weight excluding hydrogens is 376 g/mol. The molecule has 0 spiro atoms. The van der Waals surface area contributed by atoms with Crippen LogP contribution in [0.4, 0.5) is 0 Å². The van der Waals surface area contributed by atoms with E-state index in [-0.39, 0.29) is 5.91 Å². The summed E-state index contributed by atoms with van der Waals surface area (Å²) >= 11 is 1.59. The average molecular weight is 398 g/mol. The summed E-state index contributed by atoms with van der Waals surface area (Å²) in [7, 11) is 3.20. The van der Waals surface area contributed by atoms with Crippen LogP contribution in [0.15, 0.2) is 47.8 Å². The topological polar surface area (TPSA) is 69.7 Å². The second kappa shape index (κ2) is 9.23. The lowest BCUT2D eigenvalue weighted by molar-refractivity contribution is 0.0950. The molecule has 3 rings (SSSR count). The molecule has 0 aliphatic rings. The van der Waals surface area contributed by atoms with Crippen LogP contribution in [0, 0.1) is 6.92 Å². The number of benzene rings is 2. The van der Waals surface area contributed by atoms with Gasteiger partial charge >= 0.3 is 0 Å². The van der Waals surface area contributed by atoms with Crippen LogP contribution in [0.3, 0.4) is 0 Å². The van der Waals surface area contributed by atoms with Gasteiger partial charge in [-0.25, -0.2) is 4.98 Å². The first kappa shape index (κ1) is 19.7. The van der Waals surface area contributed by atoms with E-state index in [1.54, 1.807) is 49.8 Å². The molecule has 146 valence electrons. The number of thiazole rings is 1. The van der Waals surface area contributed by atoms with Gasteiger partial charge in [0.1, 0.15) is 23.9 Å². The molecule has 6 nitrogen and oxygen atoms in total. The number of nitrogens with zero attached hydrogens (tertiary/aromatic N) is 1. The van der Waals surface area contributed by atoms with Crippen molar-refractivity contribution in [2.24, 2.45) is 0 Å². The standard InChI is InChI=1S/C21H22N2O4S/c1-14-23-17(13-28-14)12-27-18-6-4-15(5-7-18)21(24)22-11-16-10-19(25-2)8-9-20(16)26-3/h4-10,13H,11-12H2,1-3H3,(H,22,24). The molecule has 1 heterocycles. The second-order valence-electron chi connectivity index (χ2n) is 6.03. The van der Waals surface area contributed by atoms with Gasteiger partial charge in [-0.15, -0.1) is 11.3 Å². The van der Waals surface area contributed by atoms with Crippen LogP contribution in [0.2, 0.25) is 0 Å². The van der Waals surface area contributed by atoms with Gasteiger partial charge in [0.05, 0.1) is 24.9 Å². The minimum Gasteiger partial charge on any atom is -0.497 e. The summed E-state index contributed by atoms with van der Waals surface area (Å²) in [6, 6.07) is 12.5. The molecule has 2 aromatic carbocycles. The van der Waals surface area contributed by atoms with Gasteiger partial charge in [-0.3, -0.25) is 4.79 Å². The maximum Gasteiger partial charge on any atom is 0.251 e. The van der Waals surface area contributed by atoms with Crippen molar-refractivity contribution in [2.75, 3.05) is 14.2 Å². The minimum absolute atomic E-state index is 0.174. The van der Waals surface area contributed by atoms with E-state index < -0.39 is 0 Å². The quantitative estimate of drug-likeness (QED) is 0.622. The van der Waals surface area contributed by atoms with Gasteiger partial charge in [0, 0.05) is 23.1 Å². The zero-order chi connectivity index (χ0) is 19.9. The molecule has 7 heteroatoms. The molecule has 28 heavy (non-hydrogen) atoms. The number of hydrogen-bond donors (Lipinski definition) is 1. The fourth-order valence-electron chi connectivity index (χ4n) is 2.63. The highest BCUT2D eigenvalue weighted by molar-refractivity contribution is 7.09. The first-order valence-electron chi connectivity index (χ1n) is 8.72. The Morgan fingerprint density at radius 3 is 2.46 bits per heavy atom. The van der Waals surface area contributed by atoms with Crippen LogP contribution in [0.1, 0.15) is 26.6 Å². The number of hydrogen-bond acceptors (Lipinski definition) is 6. The minimum atomic E-state index is -0.174. The summed E-state index contributed by atoms with van der Waals surface area (Å²) in [4.78, 5) is 16.8. The Bertz CT molecular complexity index is 938. The van der Waals surface area contributed by atoms with E-state index in [1.807, 2.05) is 30.5 Å². The SMILES string of the molecule is COc1ccc(OC)c(CNC(=O)c2ccc(OCc3csc(C)n3)cc2)c1. The van der Waals surface area contributed by atoms with Crippen LogP contribution in [0.25, 0.3) is 0 Å². The number of carbonyl (C=O) groups is 1. The molecule has 0 aliphatic heterocycles. The van der Waals surface area contributed by atoms with Gasteiger partial charge in [0.2, 0.25) is 0 Å². The molecule has 0 bridgehead atoms. The maximum absolute atomic E-state index is 12.4. The number of aryl methyl sites for hydroxylation is 1. The Morgan fingerprint density at radius 2 is 1.82 bits per heavy atom. The van der Waals surface area contributed by atoms with E-state index in [0.29, 0.717) is 36.0 Å². The predicted molar refractivity (Wildman–Crippen MR) is 108 cm³/mol. The van der Waals surface area contributed by atoms with Crippen molar-refractivity contribution in [1.29, 1.82) is 0 Å². The van der Waals surface area contributed by atoms with Gasteiger partial charge in [-0.1, -0.05) is 0 Å². The second-order valence-corrected chi connectivity index (χ2v) is 7.09. The molecule has 3 aromatic rings. The van der Waals surface area contributed by atoms with E-state index in [0.717, 1.165) is 16.3 Å². The van der Waals surface area contributed by atoms with Crippen LogP contribution >= 0.6 is 11.3 Å². The third kappa shape index (κ3) is 5.01. The lowest BCUT2D eigenvalue weighted by Crippen LogP contribution is -2.23. The Balaban J connectivity index is 1.57. The lowest BCUT2D eigenvalue weighted by Gasteiger charge is -2.12. The zero-order valence-corrected chi connectivity index (χ0v) is 16.8. The van der Waals surface area contributed by atoms with E-state index >= 15 is 0 Å². The summed E-state index contributed by atoms with van der Waals surface area (Å²) in [5.41, 5.74) is 2.30. The van der Waals surface area contributed by atoms with Crippen molar-refractivity contribution in [3.8, 4) is 17.2 Å². The van der Waals surface area contributed by atoms with Gasteiger partial charge < -0.3 is 19.5 Å². The smallest absolute Gasteiger partial charge is 0.251 e.